The fourth-order valence-corrected chi connectivity index (χ4v) is 2.97. The Kier molecular flexibility index (Phi) is 3.84. The van der Waals surface area contributed by atoms with E-state index in [2.05, 4.69) is 17.6 Å². The number of benzene rings is 2. The van der Waals surface area contributed by atoms with Gasteiger partial charge in [-0.25, -0.2) is 4.39 Å². The van der Waals surface area contributed by atoms with Gasteiger partial charge < -0.3 is 10.6 Å². The van der Waals surface area contributed by atoms with E-state index < -0.39 is 0 Å². The molecule has 3 rings (SSSR count). The van der Waals surface area contributed by atoms with Crippen molar-refractivity contribution >= 4 is 17.3 Å². The topological polar surface area (TPSA) is 41.1 Å². The standard InChI is InChI=1S/C18H19FN2O/c1-11-9-13(19)7-8-16(11)21-18(22)15-10-12(2)20-17-6-4-3-5-14(15)17/h3-9,12,15,20H,10H2,1-2H3,(H,21,22). The zero-order valence-electron chi connectivity index (χ0n) is 12.7. The lowest BCUT2D eigenvalue weighted by Crippen LogP contribution is -2.32. The fraction of sp³-hybridized carbons (Fsp3) is 0.278. The van der Waals surface area contributed by atoms with Crippen LogP contribution in [-0.4, -0.2) is 11.9 Å². The summed E-state index contributed by atoms with van der Waals surface area (Å²) in [6.45, 7) is 3.86. The van der Waals surface area contributed by atoms with E-state index in [-0.39, 0.29) is 23.7 Å². The number of aryl methyl sites for hydroxylation is 1. The van der Waals surface area contributed by atoms with Gasteiger partial charge in [0.1, 0.15) is 5.82 Å². The molecule has 2 N–H and O–H groups in total. The highest BCUT2D eigenvalue weighted by Crippen LogP contribution is 2.35. The van der Waals surface area contributed by atoms with Crippen LogP contribution in [0.1, 0.15) is 30.4 Å². The van der Waals surface area contributed by atoms with Gasteiger partial charge in [-0.05, 0) is 55.7 Å². The van der Waals surface area contributed by atoms with E-state index in [9.17, 15) is 9.18 Å². The lowest BCUT2D eigenvalue weighted by atomic mass is 9.86. The molecule has 0 spiro atoms. The van der Waals surface area contributed by atoms with Crippen molar-refractivity contribution in [1.82, 2.24) is 0 Å². The van der Waals surface area contributed by atoms with E-state index >= 15 is 0 Å². The largest absolute Gasteiger partial charge is 0.382 e. The maximum absolute atomic E-state index is 13.2. The monoisotopic (exact) mass is 298 g/mol. The van der Waals surface area contributed by atoms with Crippen LogP contribution >= 0.6 is 0 Å². The number of para-hydroxylation sites is 1. The van der Waals surface area contributed by atoms with Crippen molar-refractivity contribution < 1.29 is 9.18 Å². The summed E-state index contributed by atoms with van der Waals surface area (Å²) < 4.78 is 13.2. The Morgan fingerprint density at radius 3 is 2.82 bits per heavy atom. The van der Waals surface area contributed by atoms with Crippen LogP contribution in [0.2, 0.25) is 0 Å². The maximum atomic E-state index is 13.2. The average molecular weight is 298 g/mol. The first-order valence-electron chi connectivity index (χ1n) is 7.47. The molecular formula is C18H19FN2O. The van der Waals surface area contributed by atoms with Crippen LogP contribution in [0.4, 0.5) is 15.8 Å². The molecule has 3 nitrogen and oxygen atoms in total. The number of fused-ring (bicyclic) bond motifs is 1. The smallest absolute Gasteiger partial charge is 0.232 e. The van der Waals surface area contributed by atoms with Gasteiger partial charge in [-0.15, -0.1) is 0 Å². The van der Waals surface area contributed by atoms with Gasteiger partial charge in [0.05, 0.1) is 5.92 Å². The van der Waals surface area contributed by atoms with Crippen molar-refractivity contribution in [1.29, 1.82) is 0 Å². The molecule has 114 valence electrons. The highest BCUT2D eigenvalue weighted by Gasteiger charge is 2.29. The van der Waals surface area contributed by atoms with E-state index in [1.807, 2.05) is 24.3 Å². The van der Waals surface area contributed by atoms with Crippen LogP contribution in [0.25, 0.3) is 0 Å². The molecule has 0 radical (unpaired) electrons. The van der Waals surface area contributed by atoms with Crippen molar-refractivity contribution in [2.45, 2.75) is 32.2 Å². The number of carbonyl (C=O) groups excluding carboxylic acids is 1. The summed E-state index contributed by atoms with van der Waals surface area (Å²) in [5, 5.41) is 6.33. The minimum Gasteiger partial charge on any atom is -0.382 e. The Balaban J connectivity index is 1.86. The molecule has 2 unspecified atom stereocenters. The van der Waals surface area contributed by atoms with E-state index in [1.165, 1.54) is 12.1 Å². The Hall–Kier alpha value is -2.36. The summed E-state index contributed by atoms with van der Waals surface area (Å²) >= 11 is 0. The average Bonchev–Trinajstić information content (AvgIpc) is 2.49. The lowest BCUT2D eigenvalue weighted by Gasteiger charge is -2.30. The number of rotatable bonds is 2. The zero-order chi connectivity index (χ0) is 15.7. The van der Waals surface area contributed by atoms with Crippen LogP contribution in [0.5, 0.6) is 0 Å². The summed E-state index contributed by atoms with van der Waals surface area (Å²) in [6, 6.07) is 12.5. The molecule has 2 aromatic rings. The van der Waals surface area contributed by atoms with Crippen LogP contribution in [0, 0.1) is 12.7 Å². The molecule has 0 saturated carbocycles. The second kappa shape index (κ2) is 5.79. The van der Waals surface area contributed by atoms with E-state index in [1.54, 1.807) is 13.0 Å². The predicted octanol–water partition coefficient (Wildman–Crippen LogP) is 4.06. The van der Waals surface area contributed by atoms with Gasteiger partial charge in [0.2, 0.25) is 5.91 Å². The Bertz CT molecular complexity index is 714. The van der Waals surface area contributed by atoms with Crippen molar-refractivity contribution in [2.75, 3.05) is 10.6 Å². The van der Waals surface area contributed by atoms with Gasteiger partial charge in [0.15, 0.2) is 0 Å². The number of anilines is 2. The third kappa shape index (κ3) is 2.82. The molecule has 4 heteroatoms. The number of nitrogens with one attached hydrogen (secondary N) is 2. The van der Waals surface area contributed by atoms with E-state index in [0.717, 1.165) is 23.2 Å². The second-order valence-corrected chi connectivity index (χ2v) is 5.87. The summed E-state index contributed by atoms with van der Waals surface area (Å²) in [7, 11) is 0. The number of hydrogen-bond acceptors (Lipinski definition) is 2. The van der Waals surface area contributed by atoms with Gasteiger partial charge >= 0.3 is 0 Å². The molecule has 0 bridgehead atoms. The lowest BCUT2D eigenvalue weighted by molar-refractivity contribution is -0.117. The van der Waals surface area contributed by atoms with Crippen molar-refractivity contribution in [3.63, 3.8) is 0 Å². The van der Waals surface area contributed by atoms with Crippen LogP contribution in [0.15, 0.2) is 42.5 Å². The highest BCUT2D eigenvalue weighted by molar-refractivity contribution is 5.97. The highest BCUT2D eigenvalue weighted by atomic mass is 19.1. The molecular weight excluding hydrogens is 279 g/mol. The number of carbonyl (C=O) groups is 1. The Labute approximate surface area is 129 Å². The van der Waals surface area contributed by atoms with Gasteiger partial charge in [-0.3, -0.25) is 4.79 Å². The first-order chi connectivity index (χ1) is 10.5. The molecule has 22 heavy (non-hydrogen) atoms. The van der Waals surface area contributed by atoms with Crippen LogP contribution in [-0.2, 0) is 4.79 Å². The quantitative estimate of drug-likeness (QED) is 0.878. The molecule has 1 heterocycles. The summed E-state index contributed by atoms with van der Waals surface area (Å²) in [5.74, 6) is -0.538. The minimum atomic E-state index is -0.295. The van der Waals surface area contributed by atoms with E-state index in [0.29, 0.717) is 5.69 Å². The fourth-order valence-electron chi connectivity index (χ4n) is 2.97. The van der Waals surface area contributed by atoms with Gasteiger partial charge in [-0.2, -0.15) is 0 Å². The number of hydrogen-bond donors (Lipinski definition) is 2. The third-order valence-corrected chi connectivity index (χ3v) is 4.09. The Morgan fingerprint density at radius 2 is 2.05 bits per heavy atom. The third-order valence-electron chi connectivity index (χ3n) is 4.09. The first kappa shape index (κ1) is 14.6. The summed E-state index contributed by atoms with van der Waals surface area (Å²) in [6.07, 6.45) is 0.739. The molecule has 0 aromatic heterocycles. The molecule has 1 aliphatic heterocycles. The van der Waals surface area contributed by atoms with E-state index in [4.69, 9.17) is 0 Å². The molecule has 0 fully saturated rings. The second-order valence-electron chi connectivity index (χ2n) is 5.87. The molecule has 0 saturated heterocycles. The number of halogens is 1. The molecule has 1 aliphatic rings. The van der Waals surface area contributed by atoms with Gasteiger partial charge in [-0.1, -0.05) is 18.2 Å². The van der Waals surface area contributed by atoms with Crippen LogP contribution in [0.3, 0.4) is 0 Å². The summed E-state index contributed by atoms with van der Waals surface area (Å²) in [5.41, 5.74) is 3.41. The molecule has 2 atom stereocenters. The maximum Gasteiger partial charge on any atom is 0.232 e. The first-order valence-corrected chi connectivity index (χ1v) is 7.47. The molecule has 2 aromatic carbocycles. The van der Waals surface area contributed by atoms with Crippen LogP contribution < -0.4 is 10.6 Å². The zero-order valence-corrected chi connectivity index (χ0v) is 12.7. The Morgan fingerprint density at radius 1 is 1.27 bits per heavy atom. The van der Waals surface area contributed by atoms with Gasteiger partial charge in [0, 0.05) is 17.4 Å². The van der Waals surface area contributed by atoms with Crippen molar-refractivity contribution in [3.05, 3.63) is 59.4 Å². The molecule has 1 amide bonds. The predicted molar refractivity (Wildman–Crippen MR) is 86.7 cm³/mol. The molecule has 0 aliphatic carbocycles. The SMILES string of the molecule is Cc1cc(F)ccc1NC(=O)C1CC(C)Nc2ccccc21. The van der Waals surface area contributed by atoms with Gasteiger partial charge in [0.25, 0.3) is 0 Å². The normalized spacial score (nSPS) is 20.0. The van der Waals surface area contributed by atoms with Crippen molar-refractivity contribution in [3.8, 4) is 0 Å². The summed E-state index contributed by atoms with van der Waals surface area (Å²) in [4.78, 5) is 12.7. The van der Waals surface area contributed by atoms with Crippen molar-refractivity contribution in [2.24, 2.45) is 0 Å². The number of amides is 1. The minimum absolute atomic E-state index is 0.0458.